The molecule has 2 rings (SSSR count). The summed E-state index contributed by atoms with van der Waals surface area (Å²) in [4.78, 5) is 48.2. The van der Waals surface area contributed by atoms with Crippen LogP contribution in [0.2, 0.25) is 0 Å². The lowest BCUT2D eigenvalue weighted by Crippen LogP contribution is -2.46. The van der Waals surface area contributed by atoms with Gasteiger partial charge in [0.15, 0.2) is 0 Å². The minimum absolute atomic E-state index is 0.528. The third-order valence-electron chi connectivity index (χ3n) is 3.69. The van der Waals surface area contributed by atoms with E-state index in [-0.39, 0.29) is 0 Å². The summed E-state index contributed by atoms with van der Waals surface area (Å²) < 4.78 is 0. The second kappa shape index (κ2) is 6.07. The molecule has 8 nitrogen and oxygen atoms in total. The lowest BCUT2D eigenvalue weighted by molar-refractivity contribution is -0.134. The van der Waals surface area contributed by atoms with Gasteiger partial charge in [-0.25, -0.2) is 9.59 Å². The number of carbonyl (C=O) groups excluding carboxylic acids is 4. The third-order valence-corrected chi connectivity index (χ3v) is 3.69. The molecule has 1 aromatic carbocycles. The van der Waals surface area contributed by atoms with Crippen LogP contribution in [-0.2, 0) is 15.1 Å². The zero-order chi connectivity index (χ0) is 17.2. The Morgan fingerprint density at radius 3 is 2.39 bits per heavy atom. The first-order chi connectivity index (χ1) is 10.8. The van der Waals surface area contributed by atoms with Crippen molar-refractivity contribution in [1.29, 1.82) is 0 Å². The van der Waals surface area contributed by atoms with E-state index in [1.54, 1.807) is 19.1 Å². The van der Waals surface area contributed by atoms with Crippen molar-refractivity contribution in [2.24, 2.45) is 0 Å². The van der Waals surface area contributed by atoms with E-state index in [0.29, 0.717) is 5.56 Å². The molecule has 23 heavy (non-hydrogen) atoms. The predicted molar refractivity (Wildman–Crippen MR) is 81.4 cm³/mol. The maximum Gasteiger partial charge on any atom is 0.325 e. The van der Waals surface area contributed by atoms with E-state index in [0.717, 1.165) is 10.5 Å². The summed E-state index contributed by atoms with van der Waals surface area (Å²) in [6.07, 6.45) is 0. The minimum atomic E-state index is -1.24. The van der Waals surface area contributed by atoms with Crippen LogP contribution in [-0.4, -0.2) is 42.4 Å². The van der Waals surface area contributed by atoms with Gasteiger partial charge in [-0.15, -0.1) is 0 Å². The summed E-state index contributed by atoms with van der Waals surface area (Å²) in [6, 6.07) is 5.79. The van der Waals surface area contributed by atoms with Gasteiger partial charge in [-0.2, -0.15) is 0 Å². The minimum Gasteiger partial charge on any atom is -0.341 e. The molecule has 1 fully saturated rings. The smallest absolute Gasteiger partial charge is 0.325 e. The number of aryl methyl sites for hydroxylation is 1. The molecular weight excluding hydrogens is 300 g/mol. The summed E-state index contributed by atoms with van der Waals surface area (Å²) in [5.41, 5.74) is 0.407. The van der Waals surface area contributed by atoms with Crippen molar-refractivity contribution in [2.75, 3.05) is 13.6 Å². The van der Waals surface area contributed by atoms with Crippen LogP contribution >= 0.6 is 0 Å². The molecule has 8 heteroatoms. The van der Waals surface area contributed by atoms with Crippen LogP contribution in [0.4, 0.5) is 9.59 Å². The molecule has 6 amide bonds. The maximum absolute atomic E-state index is 12.6. The predicted octanol–water partition coefficient (Wildman–Crippen LogP) is 0.218. The number of imide groups is 2. The number of urea groups is 2. The molecule has 0 bridgehead atoms. The largest absolute Gasteiger partial charge is 0.341 e. The van der Waals surface area contributed by atoms with E-state index >= 15 is 0 Å². The molecule has 1 atom stereocenters. The number of amides is 6. The van der Waals surface area contributed by atoms with Crippen molar-refractivity contribution in [2.45, 2.75) is 19.4 Å². The molecular formula is C15H18N4O4. The standard InChI is InChI=1S/C15H18N4O4/c1-9-4-6-10(7-5-9)15(2)12(21)19(14(23)18-15)8-11(20)17-13(22)16-3/h4-7H,8H2,1-3H3,(H,18,23)(H2,16,17,20,22)/t15-/m0/s1. The SMILES string of the molecule is CNC(=O)NC(=O)CN1C(=O)N[C@@](C)(c2ccc(C)cc2)C1=O. The number of rotatable bonds is 3. The molecule has 1 saturated heterocycles. The van der Waals surface area contributed by atoms with Gasteiger partial charge in [0.2, 0.25) is 5.91 Å². The molecule has 0 unspecified atom stereocenters. The molecule has 0 radical (unpaired) electrons. The first kappa shape index (κ1) is 16.5. The second-order valence-corrected chi connectivity index (χ2v) is 5.44. The van der Waals surface area contributed by atoms with Gasteiger partial charge < -0.3 is 10.6 Å². The van der Waals surface area contributed by atoms with Crippen molar-refractivity contribution < 1.29 is 19.2 Å². The first-order valence-electron chi connectivity index (χ1n) is 7.00. The fraction of sp³-hybridized carbons (Fsp3) is 0.333. The Hall–Kier alpha value is -2.90. The molecule has 0 spiro atoms. The highest BCUT2D eigenvalue weighted by Crippen LogP contribution is 2.28. The van der Waals surface area contributed by atoms with Crippen molar-refractivity contribution in [1.82, 2.24) is 20.9 Å². The van der Waals surface area contributed by atoms with Gasteiger partial charge in [-0.1, -0.05) is 29.8 Å². The summed E-state index contributed by atoms with van der Waals surface area (Å²) in [5.74, 6) is -1.29. The van der Waals surface area contributed by atoms with Crippen molar-refractivity contribution in [3.05, 3.63) is 35.4 Å². The molecule has 3 N–H and O–H groups in total. The third kappa shape index (κ3) is 3.15. The number of hydrogen-bond acceptors (Lipinski definition) is 4. The Balaban J connectivity index is 2.17. The summed E-state index contributed by atoms with van der Waals surface area (Å²) in [5, 5.41) is 6.82. The van der Waals surface area contributed by atoms with E-state index < -0.39 is 36.0 Å². The second-order valence-electron chi connectivity index (χ2n) is 5.44. The number of hydrogen-bond donors (Lipinski definition) is 3. The number of nitrogens with zero attached hydrogens (tertiary/aromatic N) is 1. The molecule has 1 aromatic rings. The number of nitrogens with one attached hydrogen (secondary N) is 3. The maximum atomic E-state index is 12.6. The summed E-state index contributed by atoms with van der Waals surface area (Å²) in [6.45, 7) is 2.96. The van der Waals surface area contributed by atoms with Crippen LogP contribution in [0.5, 0.6) is 0 Å². The van der Waals surface area contributed by atoms with Gasteiger partial charge in [0.1, 0.15) is 12.1 Å². The average Bonchev–Trinajstić information content (AvgIpc) is 2.72. The fourth-order valence-corrected chi connectivity index (χ4v) is 2.30. The van der Waals surface area contributed by atoms with Gasteiger partial charge >= 0.3 is 12.1 Å². The van der Waals surface area contributed by atoms with Crippen molar-refractivity contribution >= 4 is 23.9 Å². The zero-order valence-electron chi connectivity index (χ0n) is 13.1. The summed E-state index contributed by atoms with van der Waals surface area (Å²) >= 11 is 0. The van der Waals surface area contributed by atoms with E-state index in [1.807, 2.05) is 24.4 Å². The highest BCUT2D eigenvalue weighted by Gasteiger charge is 2.49. The van der Waals surface area contributed by atoms with Crippen LogP contribution in [0.15, 0.2) is 24.3 Å². The Morgan fingerprint density at radius 1 is 1.22 bits per heavy atom. The van der Waals surface area contributed by atoms with E-state index in [1.165, 1.54) is 7.05 Å². The van der Waals surface area contributed by atoms with Gasteiger partial charge in [0.25, 0.3) is 5.91 Å². The Morgan fingerprint density at radius 2 is 1.83 bits per heavy atom. The highest BCUT2D eigenvalue weighted by molar-refractivity contribution is 6.10. The molecule has 1 aliphatic rings. The Labute approximate surface area is 133 Å². The van der Waals surface area contributed by atoms with Crippen molar-refractivity contribution in [3.8, 4) is 0 Å². The fourth-order valence-electron chi connectivity index (χ4n) is 2.30. The molecule has 0 aromatic heterocycles. The van der Waals surface area contributed by atoms with Gasteiger partial charge in [-0.3, -0.25) is 19.8 Å². The quantitative estimate of drug-likeness (QED) is 0.693. The van der Waals surface area contributed by atoms with E-state index in [2.05, 4.69) is 10.6 Å². The van der Waals surface area contributed by atoms with Crippen molar-refractivity contribution in [3.63, 3.8) is 0 Å². The van der Waals surface area contributed by atoms with Crippen LogP contribution in [0.25, 0.3) is 0 Å². The van der Waals surface area contributed by atoms with Gasteiger partial charge in [-0.05, 0) is 19.4 Å². The molecule has 1 heterocycles. The van der Waals surface area contributed by atoms with Crippen LogP contribution < -0.4 is 16.0 Å². The van der Waals surface area contributed by atoms with Gasteiger partial charge in [0.05, 0.1) is 0 Å². The van der Waals surface area contributed by atoms with Gasteiger partial charge in [0, 0.05) is 7.05 Å². The highest BCUT2D eigenvalue weighted by atomic mass is 16.2. The molecule has 1 aliphatic heterocycles. The lowest BCUT2D eigenvalue weighted by atomic mass is 9.91. The first-order valence-corrected chi connectivity index (χ1v) is 7.00. The monoisotopic (exact) mass is 318 g/mol. The molecule has 0 aliphatic carbocycles. The number of benzene rings is 1. The Kier molecular flexibility index (Phi) is 4.35. The normalized spacial score (nSPS) is 20.2. The average molecular weight is 318 g/mol. The van der Waals surface area contributed by atoms with Crippen LogP contribution in [0.1, 0.15) is 18.1 Å². The topological polar surface area (TPSA) is 108 Å². The van der Waals surface area contributed by atoms with Crippen LogP contribution in [0.3, 0.4) is 0 Å². The van der Waals surface area contributed by atoms with Crippen LogP contribution in [0, 0.1) is 6.92 Å². The Bertz CT molecular complexity index is 671. The lowest BCUT2D eigenvalue weighted by Gasteiger charge is -2.22. The van der Waals surface area contributed by atoms with E-state index in [9.17, 15) is 19.2 Å². The molecule has 122 valence electrons. The molecule has 0 saturated carbocycles. The zero-order valence-corrected chi connectivity index (χ0v) is 13.1. The number of carbonyl (C=O) groups is 4. The van der Waals surface area contributed by atoms with E-state index in [4.69, 9.17) is 0 Å². The summed E-state index contributed by atoms with van der Waals surface area (Å²) in [7, 11) is 1.35.